The van der Waals surface area contributed by atoms with E-state index in [1.165, 1.54) is 18.3 Å². The summed E-state index contributed by atoms with van der Waals surface area (Å²) >= 11 is 6.03. The smallest absolute Gasteiger partial charge is 0.333 e. The monoisotopic (exact) mass is 331 g/mol. The second-order valence-corrected chi connectivity index (χ2v) is 5.74. The highest BCUT2D eigenvalue weighted by Gasteiger charge is 2.40. The molecule has 0 aliphatic carbocycles. The lowest BCUT2D eigenvalue weighted by Crippen LogP contribution is -2.34. The Balaban J connectivity index is 2.01. The lowest BCUT2D eigenvalue weighted by atomic mass is 10.1. The van der Waals surface area contributed by atoms with E-state index in [1.807, 2.05) is 6.92 Å². The molecule has 1 aromatic carbocycles. The number of aryl methyl sites for hydroxylation is 1. The van der Waals surface area contributed by atoms with E-state index in [0.717, 1.165) is 5.56 Å². The van der Waals surface area contributed by atoms with Gasteiger partial charge in [0.15, 0.2) is 6.04 Å². The third-order valence-electron chi connectivity index (χ3n) is 3.73. The van der Waals surface area contributed by atoms with E-state index in [9.17, 15) is 9.59 Å². The number of hydrogen-bond donors (Lipinski definition) is 0. The summed E-state index contributed by atoms with van der Waals surface area (Å²) < 4.78 is 4.84. The molecule has 3 rings (SSSR count). The maximum atomic E-state index is 12.9. The average molecular weight is 332 g/mol. The van der Waals surface area contributed by atoms with Crippen molar-refractivity contribution in [3.63, 3.8) is 0 Å². The minimum absolute atomic E-state index is 0.224. The van der Waals surface area contributed by atoms with Gasteiger partial charge in [0.05, 0.1) is 19.3 Å². The number of rotatable bonds is 2. The SMILES string of the molecule is COC(=O)C1c2cncnc2CN1C(=O)c1cc(C)cc(Cl)c1. The largest absolute Gasteiger partial charge is 0.467 e. The van der Waals surface area contributed by atoms with Crippen LogP contribution in [-0.2, 0) is 16.1 Å². The van der Waals surface area contributed by atoms with Crippen LogP contribution in [0.1, 0.15) is 33.2 Å². The van der Waals surface area contributed by atoms with Gasteiger partial charge >= 0.3 is 5.97 Å². The van der Waals surface area contributed by atoms with Gasteiger partial charge in [-0.25, -0.2) is 14.8 Å². The van der Waals surface area contributed by atoms with Gasteiger partial charge in [0.25, 0.3) is 5.91 Å². The van der Waals surface area contributed by atoms with E-state index in [2.05, 4.69) is 9.97 Å². The molecular formula is C16H14ClN3O3. The molecular weight excluding hydrogens is 318 g/mol. The number of halogens is 1. The fourth-order valence-corrected chi connectivity index (χ4v) is 3.02. The van der Waals surface area contributed by atoms with Crippen LogP contribution in [0.2, 0.25) is 5.02 Å². The van der Waals surface area contributed by atoms with Crippen molar-refractivity contribution in [3.05, 3.63) is 58.1 Å². The van der Waals surface area contributed by atoms with Crippen LogP contribution in [0.25, 0.3) is 0 Å². The molecule has 0 saturated carbocycles. The standard InChI is InChI=1S/C16H14ClN3O3/c1-9-3-10(5-11(17)4-9)15(21)20-7-13-12(6-18-8-19-13)14(20)16(22)23-2/h3-6,8,14H,7H2,1-2H3. The van der Waals surface area contributed by atoms with Crippen LogP contribution in [0.3, 0.4) is 0 Å². The van der Waals surface area contributed by atoms with Crippen LogP contribution >= 0.6 is 11.6 Å². The third kappa shape index (κ3) is 2.77. The lowest BCUT2D eigenvalue weighted by molar-refractivity contribution is -0.145. The summed E-state index contributed by atoms with van der Waals surface area (Å²) in [7, 11) is 1.29. The number of aromatic nitrogens is 2. The molecule has 7 heteroatoms. The highest BCUT2D eigenvalue weighted by atomic mass is 35.5. The van der Waals surface area contributed by atoms with E-state index >= 15 is 0 Å². The molecule has 0 spiro atoms. The molecule has 0 N–H and O–H groups in total. The van der Waals surface area contributed by atoms with Crippen LogP contribution in [0.5, 0.6) is 0 Å². The van der Waals surface area contributed by atoms with Crippen LogP contribution < -0.4 is 0 Å². The molecule has 1 atom stereocenters. The van der Waals surface area contributed by atoms with Crippen molar-refractivity contribution in [1.29, 1.82) is 0 Å². The number of esters is 1. The number of carbonyl (C=O) groups is 2. The summed E-state index contributed by atoms with van der Waals surface area (Å²) in [5.41, 5.74) is 2.52. The van der Waals surface area contributed by atoms with Crippen molar-refractivity contribution in [1.82, 2.24) is 14.9 Å². The van der Waals surface area contributed by atoms with Crippen molar-refractivity contribution in [3.8, 4) is 0 Å². The molecule has 1 aromatic heterocycles. The van der Waals surface area contributed by atoms with Gasteiger partial charge in [0, 0.05) is 22.3 Å². The van der Waals surface area contributed by atoms with Gasteiger partial charge in [-0.1, -0.05) is 11.6 Å². The van der Waals surface area contributed by atoms with Gasteiger partial charge in [0.1, 0.15) is 6.33 Å². The molecule has 0 radical (unpaired) electrons. The molecule has 0 bridgehead atoms. The zero-order valence-corrected chi connectivity index (χ0v) is 13.4. The number of methoxy groups -OCH3 is 1. The Morgan fingerprint density at radius 3 is 2.83 bits per heavy atom. The number of fused-ring (bicyclic) bond motifs is 1. The zero-order chi connectivity index (χ0) is 16.6. The summed E-state index contributed by atoms with van der Waals surface area (Å²) in [6.07, 6.45) is 2.94. The third-order valence-corrected chi connectivity index (χ3v) is 3.95. The van der Waals surface area contributed by atoms with Gasteiger partial charge in [-0.05, 0) is 30.7 Å². The first-order valence-electron chi connectivity index (χ1n) is 6.96. The number of hydrogen-bond acceptors (Lipinski definition) is 5. The molecule has 2 heterocycles. The van der Waals surface area contributed by atoms with E-state index in [4.69, 9.17) is 16.3 Å². The molecule has 2 aromatic rings. The molecule has 6 nitrogen and oxygen atoms in total. The number of amides is 1. The normalized spacial score (nSPS) is 16.1. The van der Waals surface area contributed by atoms with Crippen molar-refractivity contribution in [2.24, 2.45) is 0 Å². The predicted octanol–water partition coefficient (Wildman–Crippen LogP) is 2.31. The Morgan fingerprint density at radius 2 is 2.13 bits per heavy atom. The number of nitrogens with zero attached hydrogens (tertiary/aromatic N) is 3. The van der Waals surface area contributed by atoms with Crippen LogP contribution in [0, 0.1) is 6.92 Å². The fraction of sp³-hybridized carbons (Fsp3) is 0.250. The lowest BCUT2D eigenvalue weighted by Gasteiger charge is -2.23. The molecule has 1 unspecified atom stereocenters. The first-order valence-corrected chi connectivity index (χ1v) is 7.34. The van der Waals surface area contributed by atoms with Crippen LogP contribution in [-0.4, -0.2) is 33.9 Å². The summed E-state index contributed by atoms with van der Waals surface area (Å²) in [5, 5.41) is 0.472. The molecule has 1 amide bonds. The quantitative estimate of drug-likeness (QED) is 0.790. The topological polar surface area (TPSA) is 72.4 Å². The fourth-order valence-electron chi connectivity index (χ4n) is 2.73. The van der Waals surface area contributed by atoms with Crippen LogP contribution in [0.4, 0.5) is 0 Å². The Hall–Kier alpha value is -2.47. The second-order valence-electron chi connectivity index (χ2n) is 5.30. The highest BCUT2D eigenvalue weighted by Crippen LogP contribution is 2.34. The van der Waals surface area contributed by atoms with Gasteiger partial charge in [-0.15, -0.1) is 0 Å². The van der Waals surface area contributed by atoms with Crippen molar-refractivity contribution in [2.75, 3.05) is 7.11 Å². The Morgan fingerprint density at radius 1 is 1.35 bits per heavy atom. The van der Waals surface area contributed by atoms with Gasteiger partial charge in [-0.2, -0.15) is 0 Å². The number of ether oxygens (including phenoxy) is 1. The maximum absolute atomic E-state index is 12.9. The molecule has 1 aliphatic heterocycles. The molecule has 0 saturated heterocycles. The van der Waals surface area contributed by atoms with Gasteiger partial charge in [0.2, 0.25) is 0 Å². The maximum Gasteiger partial charge on any atom is 0.333 e. The summed E-state index contributed by atoms with van der Waals surface area (Å²) in [5.74, 6) is -0.824. The van der Waals surface area contributed by atoms with Gasteiger partial charge in [-0.3, -0.25) is 4.79 Å². The summed E-state index contributed by atoms with van der Waals surface area (Å²) in [6.45, 7) is 2.08. The number of carbonyl (C=O) groups excluding carboxylic acids is 2. The Labute approximate surface area is 138 Å². The molecule has 1 aliphatic rings. The van der Waals surface area contributed by atoms with E-state index < -0.39 is 12.0 Å². The van der Waals surface area contributed by atoms with E-state index in [1.54, 1.807) is 24.4 Å². The Bertz CT molecular complexity index is 774. The molecule has 23 heavy (non-hydrogen) atoms. The summed E-state index contributed by atoms with van der Waals surface area (Å²) in [6, 6.07) is 4.24. The molecule has 118 valence electrons. The first kappa shape index (κ1) is 15.4. The number of benzene rings is 1. The minimum atomic E-state index is -0.844. The van der Waals surface area contributed by atoms with E-state index in [0.29, 0.717) is 21.8 Å². The highest BCUT2D eigenvalue weighted by molar-refractivity contribution is 6.31. The van der Waals surface area contributed by atoms with Crippen LogP contribution in [0.15, 0.2) is 30.7 Å². The van der Waals surface area contributed by atoms with Gasteiger partial charge < -0.3 is 9.64 Å². The first-order chi connectivity index (χ1) is 11.0. The zero-order valence-electron chi connectivity index (χ0n) is 12.6. The Kier molecular flexibility index (Phi) is 4.00. The minimum Gasteiger partial charge on any atom is -0.467 e. The second kappa shape index (κ2) is 5.96. The van der Waals surface area contributed by atoms with Crippen molar-refractivity contribution < 1.29 is 14.3 Å². The summed E-state index contributed by atoms with van der Waals surface area (Å²) in [4.78, 5) is 34.5. The average Bonchev–Trinajstić information content (AvgIpc) is 2.91. The van der Waals surface area contributed by atoms with Crippen molar-refractivity contribution >= 4 is 23.5 Å². The van der Waals surface area contributed by atoms with Crippen molar-refractivity contribution in [2.45, 2.75) is 19.5 Å². The molecule has 0 fully saturated rings. The van der Waals surface area contributed by atoms with E-state index in [-0.39, 0.29) is 12.5 Å². The predicted molar refractivity (Wildman–Crippen MR) is 82.9 cm³/mol.